The van der Waals surface area contributed by atoms with Gasteiger partial charge in [0.25, 0.3) is 0 Å². The molecule has 146 valence electrons. The fourth-order valence-corrected chi connectivity index (χ4v) is 4.07. The normalized spacial score (nSPS) is 15.0. The Labute approximate surface area is 182 Å². The molecule has 0 amide bonds. The highest BCUT2D eigenvalue weighted by molar-refractivity contribution is 5.82. The van der Waals surface area contributed by atoms with Crippen LogP contribution >= 0.6 is 0 Å². The van der Waals surface area contributed by atoms with Gasteiger partial charge in [0, 0.05) is 13.8 Å². The van der Waals surface area contributed by atoms with Crippen LogP contribution in [0.15, 0.2) is 66.9 Å². The van der Waals surface area contributed by atoms with Crippen molar-refractivity contribution in [1.29, 1.82) is 0 Å². The maximum atomic E-state index is 8.19. The Kier molecular flexibility index (Phi) is 3.34. The molecule has 0 aliphatic heterocycles. The summed E-state index contributed by atoms with van der Waals surface area (Å²) in [6.45, 7) is 1.24. The summed E-state index contributed by atoms with van der Waals surface area (Å²) >= 11 is 0. The third-order valence-electron chi connectivity index (χ3n) is 5.41. The van der Waals surface area contributed by atoms with Crippen molar-refractivity contribution >= 4 is 0 Å². The molecule has 0 bridgehead atoms. The number of benzene rings is 3. The van der Waals surface area contributed by atoms with E-state index in [2.05, 4.69) is 0 Å². The minimum atomic E-state index is -2.31. The van der Waals surface area contributed by atoms with E-state index in [1.165, 1.54) is 0 Å². The molecule has 2 heteroatoms. The monoisotopic (exact) mass is 387 g/mol. The van der Waals surface area contributed by atoms with E-state index in [1.807, 2.05) is 79.8 Å². The number of hydrogen-bond donors (Lipinski definition) is 0. The molecule has 0 fully saturated rings. The Morgan fingerprint density at radius 2 is 1.52 bits per heavy atom. The van der Waals surface area contributed by atoms with E-state index in [1.54, 1.807) is 24.3 Å². The van der Waals surface area contributed by atoms with E-state index in [9.17, 15) is 0 Å². The SMILES string of the molecule is [2H]C([2H])([2H])c1cc(C)cc(-c2c(-c3c(C)cccc3C([2H])([2H])[2H])cn(-c3ccccc3C)[n+]2C)c1. The van der Waals surface area contributed by atoms with E-state index in [0.717, 1.165) is 39.2 Å². The summed E-state index contributed by atoms with van der Waals surface area (Å²) in [7, 11) is 1.91. The van der Waals surface area contributed by atoms with Gasteiger partial charge in [0.2, 0.25) is 5.69 Å². The zero-order chi connectivity index (χ0) is 25.7. The highest BCUT2D eigenvalue weighted by Crippen LogP contribution is 2.35. The third kappa shape index (κ3) is 3.40. The average Bonchev–Trinajstić information content (AvgIpc) is 3.08. The quantitative estimate of drug-likeness (QED) is 0.371. The topological polar surface area (TPSA) is 8.81 Å². The minimum absolute atomic E-state index is 0.253. The van der Waals surface area contributed by atoms with Gasteiger partial charge in [-0.1, -0.05) is 53.6 Å². The Morgan fingerprint density at radius 3 is 2.28 bits per heavy atom. The predicted octanol–water partition coefficient (Wildman–Crippen LogP) is 6.18. The van der Waals surface area contributed by atoms with Crippen molar-refractivity contribution in [3.8, 4) is 28.1 Å². The number of nitrogens with zero attached hydrogens (tertiary/aromatic N) is 2. The van der Waals surface area contributed by atoms with Crippen molar-refractivity contribution < 1.29 is 12.9 Å². The summed E-state index contributed by atoms with van der Waals surface area (Å²) in [4.78, 5) is 0. The van der Waals surface area contributed by atoms with Gasteiger partial charge in [-0.2, -0.15) is 0 Å². The molecule has 0 saturated carbocycles. The molecule has 4 rings (SSSR count). The van der Waals surface area contributed by atoms with Crippen molar-refractivity contribution in [2.75, 3.05) is 0 Å². The van der Waals surface area contributed by atoms with Crippen LogP contribution in [-0.4, -0.2) is 4.68 Å². The van der Waals surface area contributed by atoms with Crippen molar-refractivity contribution in [3.63, 3.8) is 0 Å². The number of para-hydroxylation sites is 1. The summed E-state index contributed by atoms with van der Waals surface area (Å²) in [5, 5.41) is 0. The summed E-state index contributed by atoms with van der Waals surface area (Å²) in [6, 6.07) is 18.6. The van der Waals surface area contributed by atoms with E-state index in [-0.39, 0.29) is 11.1 Å². The number of aryl methyl sites for hydroxylation is 5. The average molecular weight is 388 g/mol. The molecule has 0 atom stereocenters. The molecule has 0 radical (unpaired) electrons. The molecule has 4 aromatic rings. The lowest BCUT2D eigenvalue weighted by Gasteiger charge is -2.09. The van der Waals surface area contributed by atoms with Gasteiger partial charge in [-0.15, -0.1) is 9.36 Å². The zero-order valence-electron chi connectivity index (χ0n) is 23.2. The molecule has 0 spiro atoms. The summed E-state index contributed by atoms with van der Waals surface area (Å²) in [6.07, 6.45) is 1.95. The third-order valence-corrected chi connectivity index (χ3v) is 5.41. The van der Waals surface area contributed by atoms with E-state index in [4.69, 9.17) is 8.22 Å². The maximum Gasteiger partial charge on any atom is 0.246 e. The van der Waals surface area contributed by atoms with Crippen LogP contribution in [0.3, 0.4) is 0 Å². The van der Waals surface area contributed by atoms with Crippen molar-refractivity contribution in [2.45, 2.75) is 34.5 Å². The molecule has 0 aliphatic carbocycles. The minimum Gasteiger partial charge on any atom is -0.127 e. The van der Waals surface area contributed by atoms with Crippen LogP contribution in [0.5, 0.6) is 0 Å². The predicted molar refractivity (Wildman–Crippen MR) is 122 cm³/mol. The van der Waals surface area contributed by atoms with E-state index >= 15 is 0 Å². The largest absolute Gasteiger partial charge is 0.246 e. The van der Waals surface area contributed by atoms with Crippen molar-refractivity contribution in [1.82, 2.24) is 4.68 Å². The molecule has 3 aromatic carbocycles. The smallest absolute Gasteiger partial charge is 0.127 e. The van der Waals surface area contributed by atoms with Crippen LogP contribution in [0, 0.1) is 34.5 Å². The first kappa shape index (κ1) is 13.2. The van der Waals surface area contributed by atoms with E-state index < -0.39 is 13.7 Å². The molecule has 0 N–H and O–H groups in total. The number of aromatic nitrogens is 2. The van der Waals surface area contributed by atoms with Gasteiger partial charge < -0.3 is 0 Å². The molecular formula is C27H29N2+. The summed E-state index contributed by atoms with van der Waals surface area (Å²) in [5.41, 5.74) is 7.05. The lowest BCUT2D eigenvalue weighted by molar-refractivity contribution is -0.734. The Balaban J connectivity index is 2.13. The summed E-state index contributed by atoms with van der Waals surface area (Å²) in [5.74, 6) is 0. The molecule has 1 aromatic heterocycles. The fourth-order valence-electron chi connectivity index (χ4n) is 4.07. The van der Waals surface area contributed by atoms with Gasteiger partial charge in [-0.3, -0.25) is 0 Å². The molecule has 1 heterocycles. The first-order chi connectivity index (χ1) is 16.3. The second kappa shape index (κ2) is 7.36. The second-order valence-corrected chi connectivity index (χ2v) is 7.63. The van der Waals surface area contributed by atoms with Crippen molar-refractivity contribution in [3.05, 3.63) is 94.7 Å². The van der Waals surface area contributed by atoms with Gasteiger partial charge >= 0.3 is 0 Å². The van der Waals surface area contributed by atoms with Crippen LogP contribution < -0.4 is 4.68 Å². The van der Waals surface area contributed by atoms with Crippen LogP contribution in [0.25, 0.3) is 28.1 Å². The van der Waals surface area contributed by atoms with E-state index in [0.29, 0.717) is 5.56 Å². The van der Waals surface area contributed by atoms with Crippen LogP contribution in [0.1, 0.15) is 36.0 Å². The molecule has 0 aliphatic rings. The van der Waals surface area contributed by atoms with Crippen LogP contribution in [-0.2, 0) is 7.05 Å². The second-order valence-electron chi connectivity index (χ2n) is 7.63. The first-order valence-electron chi connectivity index (χ1n) is 12.7. The van der Waals surface area contributed by atoms with Gasteiger partial charge in [0.1, 0.15) is 5.69 Å². The Morgan fingerprint density at radius 1 is 0.793 bits per heavy atom. The lowest BCUT2D eigenvalue weighted by Crippen LogP contribution is -2.39. The standard InChI is InChI=1S/C27H29N2/c1-18-14-19(2)16-23(15-18)27-24(26-21(4)11-9-12-22(26)5)17-29(28(27)6)25-13-8-7-10-20(25)3/h7-17H,1-6H3/q+1/i1D3,4D3. The molecule has 0 unspecified atom stereocenters. The van der Waals surface area contributed by atoms with Gasteiger partial charge in [-0.25, -0.2) is 0 Å². The summed E-state index contributed by atoms with van der Waals surface area (Å²) < 4.78 is 52.4. The van der Waals surface area contributed by atoms with Crippen LogP contribution in [0.2, 0.25) is 0 Å². The first-order valence-corrected chi connectivity index (χ1v) is 9.69. The molecule has 2 nitrogen and oxygen atoms in total. The highest BCUT2D eigenvalue weighted by atomic mass is 15.4. The molecule has 0 saturated heterocycles. The number of hydrogen-bond acceptors (Lipinski definition) is 0. The van der Waals surface area contributed by atoms with Crippen LogP contribution in [0.4, 0.5) is 0 Å². The number of rotatable bonds is 3. The maximum absolute atomic E-state index is 8.19. The van der Waals surface area contributed by atoms with Gasteiger partial charge in [-0.05, 0) is 74.9 Å². The Hall–Kier alpha value is -3.13. The lowest BCUT2D eigenvalue weighted by atomic mass is 9.93. The van der Waals surface area contributed by atoms with Crippen molar-refractivity contribution in [2.24, 2.45) is 7.05 Å². The fraction of sp³-hybridized carbons (Fsp3) is 0.222. The molecular weight excluding hydrogens is 352 g/mol. The Bertz CT molecular complexity index is 1410. The van der Waals surface area contributed by atoms with Gasteiger partial charge in [0.15, 0.2) is 7.05 Å². The zero-order valence-corrected chi connectivity index (χ0v) is 17.2. The van der Waals surface area contributed by atoms with Gasteiger partial charge in [0.05, 0.1) is 11.8 Å². The molecule has 29 heavy (non-hydrogen) atoms. The highest BCUT2D eigenvalue weighted by Gasteiger charge is 2.27.